The quantitative estimate of drug-likeness (QED) is 0.845. The molecule has 0 atom stereocenters. The van der Waals surface area contributed by atoms with Crippen LogP contribution >= 0.6 is 11.6 Å². The summed E-state index contributed by atoms with van der Waals surface area (Å²) < 4.78 is 0. The molecule has 0 aliphatic carbocycles. The van der Waals surface area contributed by atoms with Crippen LogP contribution in [0.5, 0.6) is 0 Å². The van der Waals surface area contributed by atoms with Crippen molar-refractivity contribution < 1.29 is 0 Å². The van der Waals surface area contributed by atoms with Gasteiger partial charge in [-0.2, -0.15) is 4.98 Å². The Morgan fingerprint density at radius 3 is 2.09 bits per heavy atom. The highest BCUT2D eigenvalue weighted by molar-refractivity contribution is 6.30. The normalized spacial score (nSPS) is 15.0. The Morgan fingerprint density at radius 1 is 0.957 bits per heavy atom. The van der Waals surface area contributed by atoms with E-state index in [1.807, 2.05) is 32.0 Å². The summed E-state index contributed by atoms with van der Waals surface area (Å²) in [4.78, 5) is 24.1. The van der Waals surface area contributed by atoms with Gasteiger partial charge in [0.25, 0.3) is 0 Å². The molecule has 2 aromatic heterocycles. The zero-order chi connectivity index (χ0) is 16.4. The Balaban J connectivity index is 1.70. The molecule has 122 valence electrons. The zero-order valence-electron chi connectivity index (χ0n) is 13.6. The maximum Gasteiger partial charge on any atom is 0.227 e. The first kappa shape index (κ1) is 15.7. The smallest absolute Gasteiger partial charge is 0.227 e. The van der Waals surface area contributed by atoms with E-state index in [0.717, 1.165) is 43.6 Å². The van der Waals surface area contributed by atoms with Crippen LogP contribution in [0.3, 0.4) is 0 Å². The number of aryl methyl sites for hydroxylation is 1. The number of piperazine rings is 1. The Bertz CT molecular complexity index is 666. The van der Waals surface area contributed by atoms with Gasteiger partial charge in [-0.25, -0.2) is 15.0 Å². The van der Waals surface area contributed by atoms with Gasteiger partial charge in [0.2, 0.25) is 11.9 Å². The first-order chi connectivity index (χ1) is 11.0. The molecule has 1 fully saturated rings. The van der Waals surface area contributed by atoms with E-state index in [1.54, 1.807) is 12.4 Å². The summed E-state index contributed by atoms with van der Waals surface area (Å²) >= 11 is 5.84. The molecule has 0 radical (unpaired) electrons. The van der Waals surface area contributed by atoms with Crippen LogP contribution in [-0.2, 0) is 0 Å². The molecule has 1 aliphatic rings. The van der Waals surface area contributed by atoms with Crippen LogP contribution in [0.2, 0.25) is 5.02 Å². The van der Waals surface area contributed by atoms with E-state index in [4.69, 9.17) is 11.6 Å². The number of halogens is 1. The molecule has 0 aromatic carbocycles. The molecule has 8 heteroatoms. The minimum absolute atomic E-state index is 0.553. The molecule has 0 amide bonds. The van der Waals surface area contributed by atoms with Crippen molar-refractivity contribution in [2.45, 2.75) is 6.92 Å². The van der Waals surface area contributed by atoms with E-state index < -0.39 is 0 Å². The minimum atomic E-state index is 0.553. The molecule has 7 nitrogen and oxygen atoms in total. The molecular formula is C15H20ClN7. The van der Waals surface area contributed by atoms with Crippen molar-refractivity contribution >= 4 is 29.3 Å². The van der Waals surface area contributed by atoms with Gasteiger partial charge in [-0.3, -0.25) is 0 Å². The minimum Gasteiger partial charge on any atom is -0.363 e. The molecule has 23 heavy (non-hydrogen) atoms. The fourth-order valence-electron chi connectivity index (χ4n) is 2.48. The fourth-order valence-corrected chi connectivity index (χ4v) is 2.58. The molecule has 3 rings (SSSR count). The summed E-state index contributed by atoms with van der Waals surface area (Å²) in [6, 6.07) is 1.99. The van der Waals surface area contributed by atoms with E-state index in [1.165, 1.54) is 0 Å². The molecular weight excluding hydrogens is 314 g/mol. The molecule has 1 aliphatic heterocycles. The average Bonchev–Trinajstić information content (AvgIpc) is 2.55. The molecule has 0 N–H and O–H groups in total. The van der Waals surface area contributed by atoms with Gasteiger partial charge in [-0.1, -0.05) is 11.6 Å². The van der Waals surface area contributed by atoms with Gasteiger partial charge in [0.1, 0.15) is 5.82 Å². The highest BCUT2D eigenvalue weighted by atomic mass is 35.5. The molecule has 3 heterocycles. The van der Waals surface area contributed by atoms with E-state index in [9.17, 15) is 0 Å². The number of rotatable bonds is 3. The van der Waals surface area contributed by atoms with E-state index in [2.05, 4.69) is 29.7 Å². The third-order valence-electron chi connectivity index (χ3n) is 3.74. The number of hydrogen-bond acceptors (Lipinski definition) is 7. The van der Waals surface area contributed by atoms with Gasteiger partial charge in [0.15, 0.2) is 0 Å². The van der Waals surface area contributed by atoms with Crippen molar-refractivity contribution in [3.63, 3.8) is 0 Å². The molecule has 0 bridgehead atoms. The summed E-state index contributed by atoms with van der Waals surface area (Å²) in [5, 5.41) is 0.553. The zero-order valence-corrected chi connectivity index (χ0v) is 14.3. The molecule has 0 saturated carbocycles. The third-order valence-corrected chi connectivity index (χ3v) is 3.93. The van der Waals surface area contributed by atoms with Crippen LogP contribution in [0.25, 0.3) is 0 Å². The Labute approximate surface area is 140 Å². The van der Waals surface area contributed by atoms with Crippen molar-refractivity contribution in [2.24, 2.45) is 0 Å². The van der Waals surface area contributed by atoms with Crippen LogP contribution in [0.4, 0.5) is 17.7 Å². The lowest BCUT2D eigenvalue weighted by Gasteiger charge is -2.35. The largest absolute Gasteiger partial charge is 0.363 e. The van der Waals surface area contributed by atoms with Crippen molar-refractivity contribution in [3.05, 3.63) is 29.2 Å². The Kier molecular flexibility index (Phi) is 4.47. The summed E-state index contributed by atoms with van der Waals surface area (Å²) in [5.41, 5.74) is 0.974. The Hall–Kier alpha value is -2.15. The number of nitrogens with zero attached hydrogens (tertiary/aromatic N) is 7. The predicted molar refractivity (Wildman–Crippen MR) is 92.6 cm³/mol. The number of hydrogen-bond donors (Lipinski definition) is 0. The molecule has 0 unspecified atom stereocenters. The highest BCUT2D eigenvalue weighted by Gasteiger charge is 2.21. The van der Waals surface area contributed by atoms with Gasteiger partial charge in [0, 0.05) is 52.0 Å². The summed E-state index contributed by atoms with van der Waals surface area (Å²) in [7, 11) is 3.97. The monoisotopic (exact) mass is 333 g/mol. The van der Waals surface area contributed by atoms with Crippen molar-refractivity contribution in [2.75, 3.05) is 55.0 Å². The third kappa shape index (κ3) is 3.61. The van der Waals surface area contributed by atoms with Gasteiger partial charge >= 0.3 is 0 Å². The second kappa shape index (κ2) is 6.54. The van der Waals surface area contributed by atoms with Gasteiger partial charge in [-0.05, 0) is 6.92 Å². The summed E-state index contributed by atoms with van der Waals surface area (Å²) in [6.45, 7) is 5.33. The number of aromatic nitrogens is 4. The second-order valence-corrected chi connectivity index (χ2v) is 6.17. The Morgan fingerprint density at radius 2 is 1.52 bits per heavy atom. The molecule has 2 aromatic rings. The van der Waals surface area contributed by atoms with E-state index >= 15 is 0 Å². The van der Waals surface area contributed by atoms with Gasteiger partial charge < -0.3 is 14.7 Å². The van der Waals surface area contributed by atoms with Crippen LogP contribution in [0.15, 0.2) is 18.5 Å². The van der Waals surface area contributed by atoms with Crippen molar-refractivity contribution in [1.82, 2.24) is 19.9 Å². The SMILES string of the molecule is Cc1cc(N(C)C)nc(N2CCN(c3ncc(Cl)cn3)CC2)n1. The lowest BCUT2D eigenvalue weighted by molar-refractivity contribution is 0.627. The lowest BCUT2D eigenvalue weighted by atomic mass is 10.3. The fraction of sp³-hybridized carbons (Fsp3) is 0.467. The molecule has 0 spiro atoms. The van der Waals surface area contributed by atoms with Crippen LogP contribution in [0.1, 0.15) is 5.69 Å². The standard InChI is InChI=1S/C15H20ClN7/c1-11-8-13(21(2)3)20-15(19-11)23-6-4-22(5-7-23)14-17-9-12(16)10-18-14/h8-10H,4-7H2,1-3H3. The highest BCUT2D eigenvalue weighted by Crippen LogP contribution is 2.19. The van der Waals surface area contributed by atoms with Crippen molar-refractivity contribution in [1.29, 1.82) is 0 Å². The summed E-state index contributed by atoms with van der Waals surface area (Å²) in [6.07, 6.45) is 3.26. The van der Waals surface area contributed by atoms with Gasteiger partial charge in [0.05, 0.1) is 17.4 Å². The summed E-state index contributed by atoms with van der Waals surface area (Å²) in [5.74, 6) is 2.43. The van der Waals surface area contributed by atoms with E-state index in [-0.39, 0.29) is 0 Å². The van der Waals surface area contributed by atoms with Crippen molar-refractivity contribution in [3.8, 4) is 0 Å². The average molecular weight is 334 g/mol. The van der Waals surface area contributed by atoms with Gasteiger partial charge in [-0.15, -0.1) is 0 Å². The first-order valence-corrected chi connectivity index (χ1v) is 7.91. The topological polar surface area (TPSA) is 61.3 Å². The molecule has 1 saturated heterocycles. The van der Waals surface area contributed by atoms with Crippen LogP contribution in [0, 0.1) is 6.92 Å². The van der Waals surface area contributed by atoms with Crippen LogP contribution < -0.4 is 14.7 Å². The maximum atomic E-state index is 5.84. The maximum absolute atomic E-state index is 5.84. The first-order valence-electron chi connectivity index (χ1n) is 7.53. The predicted octanol–water partition coefficient (Wildman–Crippen LogP) is 1.62. The lowest BCUT2D eigenvalue weighted by Crippen LogP contribution is -2.47. The number of anilines is 3. The van der Waals surface area contributed by atoms with E-state index in [0.29, 0.717) is 11.0 Å². The van der Waals surface area contributed by atoms with Crippen LogP contribution in [-0.4, -0.2) is 60.2 Å². The second-order valence-electron chi connectivity index (χ2n) is 5.74.